The number of rotatable bonds is 4. The van der Waals surface area contributed by atoms with Crippen molar-refractivity contribution in [3.63, 3.8) is 0 Å². The molecule has 2 aromatic heterocycles. The predicted octanol–water partition coefficient (Wildman–Crippen LogP) is 3.33. The van der Waals surface area contributed by atoms with Crippen molar-refractivity contribution in [2.75, 3.05) is 44.2 Å². The number of likely N-dealkylation sites (tertiary alicyclic amines) is 1. The van der Waals surface area contributed by atoms with Crippen molar-refractivity contribution in [3.05, 3.63) is 17.3 Å². The average Bonchev–Trinajstić information content (AvgIpc) is 3.20. The Kier molecular flexibility index (Phi) is 8.87. The maximum absolute atomic E-state index is 13.0. The van der Waals surface area contributed by atoms with Gasteiger partial charge in [-0.2, -0.15) is 0 Å². The van der Waals surface area contributed by atoms with Crippen LogP contribution < -0.4 is 4.90 Å². The van der Waals surface area contributed by atoms with Gasteiger partial charge in [0.2, 0.25) is 11.8 Å². The summed E-state index contributed by atoms with van der Waals surface area (Å²) in [4.78, 5) is 42.1. The third-order valence-corrected chi connectivity index (χ3v) is 7.07. The highest BCUT2D eigenvalue weighted by molar-refractivity contribution is 7.18. The summed E-state index contributed by atoms with van der Waals surface area (Å²) in [5.41, 5.74) is -0.500. The molecular weight excluding hydrogens is 450 g/mol. The molecule has 0 saturated carbocycles. The smallest absolute Gasteiger partial charge is 0.227 e. The van der Waals surface area contributed by atoms with Gasteiger partial charge in [-0.1, -0.05) is 13.3 Å². The summed E-state index contributed by atoms with van der Waals surface area (Å²) < 4.78 is 0. The Bertz CT molecular complexity index is 973. The van der Waals surface area contributed by atoms with Gasteiger partial charge in [0.1, 0.15) is 17.0 Å². The zero-order valence-corrected chi connectivity index (χ0v) is 22.0. The first kappa shape index (κ1) is 26.3. The number of aryl methyl sites for hydroxylation is 1. The molecule has 2 aromatic rings. The van der Waals surface area contributed by atoms with Gasteiger partial charge in [-0.25, -0.2) is 9.97 Å². The van der Waals surface area contributed by atoms with Gasteiger partial charge in [0.25, 0.3) is 0 Å². The molecule has 0 aliphatic carbocycles. The van der Waals surface area contributed by atoms with E-state index in [2.05, 4.69) is 27.9 Å². The second-order valence-electron chi connectivity index (χ2n) is 10.2. The van der Waals surface area contributed by atoms with E-state index < -0.39 is 5.60 Å². The van der Waals surface area contributed by atoms with E-state index in [0.29, 0.717) is 19.6 Å². The number of piperazine rings is 1. The van der Waals surface area contributed by atoms with Crippen molar-refractivity contribution in [2.45, 2.75) is 65.9 Å². The van der Waals surface area contributed by atoms with Crippen molar-refractivity contribution < 1.29 is 14.7 Å². The molecule has 1 atom stereocenters. The third kappa shape index (κ3) is 7.12. The van der Waals surface area contributed by atoms with Crippen molar-refractivity contribution in [1.82, 2.24) is 19.8 Å². The van der Waals surface area contributed by atoms with E-state index in [1.54, 1.807) is 45.4 Å². The molecule has 34 heavy (non-hydrogen) atoms. The van der Waals surface area contributed by atoms with E-state index in [1.807, 2.05) is 9.80 Å². The monoisotopic (exact) mass is 489 g/mol. The molecule has 9 heteroatoms. The molecule has 1 unspecified atom stereocenters. The van der Waals surface area contributed by atoms with Crippen molar-refractivity contribution in [1.29, 1.82) is 0 Å². The van der Waals surface area contributed by atoms with Gasteiger partial charge in [0.15, 0.2) is 0 Å². The Morgan fingerprint density at radius 3 is 2.41 bits per heavy atom. The van der Waals surface area contributed by atoms with Crippen LogP contribution in [-0.4, -0.2) is 81.6 Å². The lowest BCUT2D eigenvalue weighted by atomic mass is 9.96. The molecule has 188 valence electrons. The summed E-state index contributed by atoms with van der Waals surface area (Å²) in [6.07, 6.45) is 5.64. The third-order valence-electron chi connectivity index (χ3n) is 5.96. The number of hydrogen-bond acceptors (Lipinski definition) is 7. The van der Waals surface area contributed by atoms with Gasteiger partial charge in [-0.3, -0.25) is 9.59 Å². The maximum atomic E-state index is 13.0. The SMILES string of the molecule is CC(C)(C)O.CCCc1cc2c(N3CCN(C(=O)C4CCCN(C(C)=O)C4)CC3)ncnc2s1. The number of carbonyl (C=O) groups excluding carboxylic acids is 2. The summed E-state index contributed by atoms with van der Waals surface area (Å²) in [7, 11) is 0. The molecule has 4 rings (SSSR count). The van der Waals surface area contributed by atoms with Crippen LogP contribution in [0, 0.1) is 5.92 Å². The molecule has 0 aromatic carbocycles. The van der Waals surface area contributed by atoms with E-state index in [1.165, 1.54) is 4.88 Å². The Hall–Kier alpha value is -2.26. The van der Waals surface area contributed by atoms with Crippen LogP contribution in [-0.2, 0) is 16.0 Å². The molecule has 2 amide bonds. The van der Waals surface area contributed by atoms with Crippen molar-refractivity contribution in [2.24, 2.45) is 5.92 Å². The van der Waals surface area contributed by atoms with Crippen LogP contribution in [0.1, 0.15) is 58.8 Å². The molecule has 8 nitrogen and oxygen atoms in total. The molecule has 1 N–H and O–H groups in total. The second kappa shape index (κ2) is 11.4. The van der Waals surface area contributed by atoms with Crippen LogP contribution in [0.4, 0.5) is 5.82 Å². The molecule has 4 heterocycles. The summed E-state index contributed by atoms with van der Waals surface area (Å²) in [5, 5.41) is 9.65. The van der Waals surface area contributed by atoms with Crippen LogP contribution in [0.25, 0.3) is 10.2 Å². The minimum atomic E-state index is -0.500. The summed E-state index contributed by atoms with van der Waals surface area (Å²) in [6, 6.07) is 2.23. The van der Waals surface area contributed by atoms with Crippen LogP contribution in [0.5, 0.6) is 0 Å². The van der Waals surface area contributed by atoms with Crippen molar-refractivity contribution >= 4 is 39.2 Å². The van der Waals surface area contributed by atoms with Gasteiger partial charge in [0.05, 0.1) is 16.9 Å². The number of aromatic nitrogens is 2. The number of piperidine rings is 1. The van der Waals surface area contributed by atoms with Gasteiger partial charge >= 0.3 is 0 Å². The fourth-order valence-electron chi connectivity index (χ4n) is 4.38. The van der Waals surface area contributed by atoms with E-state index >= 15 is 0 Å². The van der Waals surface area contributed by atoms with Gasteiger partial charge < -0.3 is 19.8 Å². The van der Waals surface area contributed by atoms with Crippen LogP contribution >= 0.6 is 11.3 Å². The lowest BCUT2D eigenvalue weighted by Gasteiger charge is -2.39. The van der Waals surface area contributed by atoms with Gasteiger partial charge in [-0.15, -0.1) is 11.3 Å². The highest BCUT2D eigenvalue weighted by Crippen LogP contribution is 2.31. The number of hydrogen-bond donors (Lipinski definition) is 1. The topological polar surface area (TPSA) is 89.9 Å². The molecule has 0 bridgehead atoms. The Morgan fingerprint density at radius 2 is 1.79 bits per heavy atom. The lowest BCUT2D eigenvalue weighted by molar-refractivity contribution is -0.140. The number of nitrogens with zero attached hydrogens (tertiary/aromatic N) is 5. The molecule has 2 aliphatic rings. The summed E-state index contributed by atoms with van der Waals surface area (Å²) >= 11 is 1.75. The molecule has 2 aliphatic heterocycles. The highest BCUT2D eigenvalue weighted by Gasteiger charge is 2.32. The van der Waals surface area contributed by atoms with Gasteiger partial charge in [-0.05, 0) is 46.1 Å². The average molecular weight is 490 g/mol. The number of thiophene rings is 1. The Balaban J connectivity index is 0.000000588. The number of amides is 2. The molecule has 2 saturated heterocycles. The van der Waals surface area contributed by atoms with E-state index in [4.69, 9.17) is 5.11 Å². The number of anilines is 1. The zero-order valence-electron chi connectivity index (χ0n) is 21.2. The normalized spacial score (nSPS) is 19.1. The minimum absolute atomic E-state index is 0.0570. The van der Waals surface area contributed by atoms with Gasteiger partial charge in [0, 0.05) is 51.1 Å². The van der Waals surface area contributed by atoms with E-state index in [9.17, 15) is 9.59 Å². The minimum Gasteiger partial charge on any atom is -0.391 e. The number of carbonyl (C=O) groups is 2. The molecule has 2 fully saturated rings. The zero-order chi connectivity index (χ0) is 24.9. The molecule has 0 radical (unpaired) electrons. The highest BCUT2D eigenvalue weighted by atomic mass is 32.1. The lowest BCUT2D eigenvalue weighted by Crippen LogP contribution is -2.53. The first-order valence-electron chi connectivity index (χ1n) is 12.3. The molecule has 0 spiro atoms. The van der Waals surface area contributed by atoms with E-state index in [-0.39, 0.29) is 17.7 Å². The standard InChI is InChI=1S/C21H29N5O2S.C4H10O/c1-3-5-17-12-18-19(22-14-23-20(18)29-17)24-8-10-25(11-9-24)21(28)16-6-4-7-26(13-16)15(2)27;1-4(2,3)5/h12,14,16H,3-11,13H2,1-2H3;5H,1-3H3. The number of fused-ring (bicyclic) bond motifs is 1. The van der Waals surface area contributed by atoms with Crippen LogP contribution in [0.2, 0.25) is 0 Å². The predicted molar refractivity (Wildman–Crippen MR) is 137 cm³/mol. The summed E-state index contributed by atoms with van der Waals surface area (Å²) in [6.45, 7) is 13.3. The first-order valence-corrected chi connectivity index (χ1v) is 13.1. The van der Waals surface area contributed by atoms with Crippen LogP contribution in [0.3, 0.4) is 0 Å². The fourth-order valence-corrected chi connectivity index (χ4v) is 5.47. The van der Waals surface area contributed by atoms with E-state index in [0.717, 1.165) is 61.4 Å². The Labute approximate surface area is 207 Å². The van der Waals surface area contributed by atoms with Crippen molar-refractivity contribution in [3.8, 4) is 0 Å². The van der Waals surface area contributed by atoms with Crippen LogP contribution in [0.15, 0.2) is 12.4 Å². The fraction of sp³-hybridized carbons (Fsp3) is 0.680. The molecular formula is C25H39N5O3S. The number of aliphatic hydroxyl groups is 1. The largest absolute Gasteiger partial charge is 0.391 e. The Morgan fingerprint density at radius 1 is 1.12 bits per heavy atom. The second-order valence-corrected chi connectivity index (χ2v) is 11.3. The first-order chi connectivity index (χ1) is 16.1. The maximum Gasteiger partial charge on any atom is 0.227 e. The summed E-state index contributed by atoms with van der Waals surface area (Å²) in [5.74, 6) is 1.20. The quantitative estimate of drug-likeness (QED) is 0.709.